The van der Waals surface area contributed by atoms with Crippen LogP contribution in [-0.2, 0) is 22.0 Å². The van der Waals surface area contributed by atoms with E-state index in [9.17, 15) is 18.4 Å². The molecular weight excluding hydrogens is 466 g/mol. The summed E-state index contributed by atoms with van der Waals surface area (Å²) in [5.41, 5.74) is 1.75. The van der Waals surface area contributed by atoms with Gasteiger partial charge in [0.05, 0.1) is 23.3 Å². The first-order chi connectivity index (χ1) is 17.2. The summed E-state index contributed by atoms with van der Waals surface area (Å²) in [6.07, 6.45) is 3.31. The van der Waals surface area contributed by atoms with Gasteiger partial charge in [-0.2, -0.15) is 0 Å². The monoisotopic (exact) mass is 494 g/mol. The van der Waals surface area contributed by atoms with Gasteiger partial charge in [0.15, 0.2) is 5.78 Å². The number of hydrogen-bond acceptors (Lipinski definition) is 6. The molecule has 7 nitrogen and oxygen atoms in total. The molecule has 3 aromatic rings. The quantitative estimate of drug-likeness (QED) is 0.410. The van der Waals surface area contributed by atoms with E-state index in [2.05, 4.69) is 20.6 Å². The van der Waals surface area contributed by atoms with Crippen molar-refractivity contribution in [3.8, 4) is 0 Å². The molecule has 1 atom stereocenters. The summed E-state index contributed by atoms with van der Waals surface area (Å²) < 4.78 is 33.3. The van der Waals surface area contributed by atoms with Crippen LogP contribution in [0.15, 0.2) is 61.1 Å². The second kappa shape index (κ2) is 10.5. The third-order valence-electron chi connectivity index (χ3n) is 6.38. The van der Waals surface area contributed by atoms with E-state index in [4.69, 9.17) is 4.74 Å². The lowest BCUT2D eigenvalue weighted by Gasteiger charge is -2.25. The smallest absolute Gasteiger partial charge is 0.272 e. The molecule has 1 aromatic heterocycles. The molecule has 0 aliphatic carbocycles. The van der Waals surface area contributed by atoms with Crippen LogP contribution in [0.2, 0.25) is 0 Å². The molecule has 1 fully saturated rings. The van der Waals surface area contributed by atoms with E-state index in [-0.39, 0.29) is 36.8 Å². The van der Waals surface area contributed by atoms with Gasteiger partial charge in [0.2, 0.25) is 5.91 Å². The zero-order valence-corrected chi connectivity index (χ0v) is 20.2. The van der Waals surface area contributed by atoms with E-state index < -0.39 is 11.3 Å². The molecular formula is C27H28F2N4O3. The second-order valence-corrected chi connectivity index (χ2v) is 9.14. The lowest BCUT2D eigenvalue weighted by atomic mass is 9.80. The van der Waals surface area contributed by atoms with E-state index in [1.165, 1.54) is 18.6 Å². The third-order valence-corrected chi connectivity index (χ3v) is 6.38. The van der Waals surface area contributed by atoms with Crippen LogP contribution in [0, 0.1) is 12.3 Å². The third kappa shape index (κ3) is 5.73. The average Bonchev–Trinajstić information content (AvgIpc) is 3.33. The highest BCUT2D eigenvalue weighted by Crippen LogP contribution is 2.35. The van der Waals surface area contributed by atoms with Crippen LogP contribution >= 0.6 is 0 Å². The summed E-state index contributed by atoms with van der Waals surface area (Å²) in [7, 11) is 0. The predicted molar refractivity (Wildman–Crippen MR) is 131 cm³/mol. The van der Waals surface area contributed by atoms with Gasteiger partial charge in [-0.25, -0.2) is 18.7 Å². The van der Waals surface area contributed by atoms with Crippen LogP contribution in [0.5, 0.6) is 0 Å². The SMILES string of the molecule is Cc1ncncc1C(=O)C[C@@]1(C(=O)NCc2ccc(Nc3ccccc3C(C)(F)F)cc2)CCOC1. The summed E-state index contributed by atoms with van der Waals surface area (Å²) in [4.78, 5) is 34.1. The van der Waals surface area contributed by atoms with Crippen molar-refractivity contribution >= 4 is 23.1 Å². The van der Waals surface area contributed by atoms with E-state index in [0.717, 1.165) is 12.5 Å². The molecule has 2 aromatic carbocycles. The zero-order valence-electron chi connectivity index (χ0n) is 20.2. The molecule has 0 bridgehead atoms. The molecule has 1 aliphatic rings. The minimum atomic E-state index is -2.97. The molecule has 2 heterocycles. The van der Waals surface area contributed by atoms with E-state index in [0.29, 0.717) is 35.7 Å². The standard InChI is InChI=1S/C27H28F2N4O3/c1-18-21(15-30-17-32-18)24(34)13-27(11-12-36-16-27)25(35)31-14-19-7-9-20(10-8-19)33-23-6-4-3-5-22(23)26(2,28)29/h3-10,15,17,33H,11-14,16H2,1-2H3,(H,31,35)/t27-/m0/s1. The maximum Gasteiger partial charge on any atom is 0.272 e. The van der Waals surface area contributed by atoms with Crippen LogP contribution in [-0.4, -0.2) is 34.9 Å². The molecule has 1 saturated heterocycles. The fourth-order valence-electron chi connectivity index (χ4n) is 4.28. The van der Waals surface area contributed by atoms with Crippen molar-refractivity contribution in [3.05, 3.63) is 83.4 Å². The number of aromatic nitrogens is 2. The summed E-state index contributed by atoms with van der Waals surface area (Å²) >= 11 is 0. The van der Waals surface area contributed by atoms with Crippen molar-refractivity contribution in [2.45, 2.75) is 39.2 Å². The molecule has 0 saturated carbocycles. The highest BCUT2D eigenvalue weighted by molar-refractivity contribution is 6.00. The predicted octanol–water partition coefficient (Wildman–Crippen LogP) is 4.94. The molecule has 0 unspecified atom stereocenters. The summed E-state index contributed by atoms with van der Waals surface area (Å²) in [6, 6.07) is 13.4. The Bertz CT molecular complexity index is 1240. The van der Waals surface area contributed by atoms with Gasteiger partial charge in [-0.05, 0) is 37.1 Å². The number of hydrogen-bond donors (Lipinski definition) is 2. The lowest BCUT2D eigenvalue weighted by Crippen LogP contribution is -2.42. The van der Waals surface area contributed by atoms with Crippen LogP contribution in [0.4, 0.5) is 20.2 Å². The Morgan fingerprint density at radius 2 is 1.89 bits per heavy atom. The highest BCUT2D eigenvalue weighted by Gasteiger charge is 2.44. The fourth-order valence-corrected chi connectivity index (χ4v) is 4.28. The largest absolute Gasteiger partial charge is 0.380 e. The molecule has 0 radical (unpaired) electrons. The highest BCUT2D eigenvalue weighted by atomic mass is 19.3. The number of Topliss-reactive ketones (excluding diaryl/α,β-unsaturated/α-hetero) is 1. The van der Waals surface area contributed by atoms with Crippen LogP contribution < -0.4 is 10.6 Å². The van der Waals surface area contributed by atoms with Crippen LogP contribution in [0.25, 0.3) is 0 Å². The first kappa shape index (κ1) is 25.4. The minimum Gasteiger partial charge on any atom is -0.380 e. The topological polar surface area (TPSA) is 93.2 Å². The van der Waals surface area contributed by atoms with Crippen LogP contribution in [0.3, 0.4) is 0 Å². The number of carbonyl (C=O) groups excluding carboxylic acids is 2. The summed E-state index contributed by atoms with van der Waals surface area (Å²) in [5, 5.41) is 5.96. The Kier molecular flexibility index (Phi) is 7.40. The number of para-hydroxylation sites is 1. The number of halogens is 2. The number of amides is 1. The molecule has 1 aliphatic heterocycles. The first-order valence-electron chi connectivity index (χ1n) is 11.7. The number of alkyl halides is 2. The van der Waals surface area contributed by atoms with Gasteiger partial charge in [-0.3, -0.25) is 9.59 Å². The van der Waals surface area contributed by atoms with Crippen molar-refractivity contribution < 1.29 is 23.1 Å². The fraction of sp³-hybridized carbons (Fsp3) is 0.333. The number of aryl methyl sites for hydroxylation is 1. The molecule has 1 amide bonds. The average molecular weight is 495 g/mol. The Balaban J connectivity index is 1.40. The Morgan fingerprint density at radius 3 is 2.56 bits per heavy atom. The Morgan fingerprint density at radius 1 is 1.14 bits per heavy atom. The van der Waals surface area contributed by atoms with Gasteiger partial charge in [0.1, 0.15) is 6.33 Å². The van der Waals surface area contributed by atoms with Gasteiger partial charge in [0.25, 0.3) is 5.92 Å². The number of nitrogens with zero attached hydrogens (tertiary/aromatic N) is 2. The van der Waals surface area contributed by atoms with Gasteiger partial charge in [-0.1, -0.05) is 30.3 Å². The Hall–Kier alpha value is -3.72. The summed E-state index contributed by atoms with van der Waals surface area (Å²) in [6.45, 7) is 3.43. The molecule has 0 spiro atoms. The van der Waals surface area contributed by atoms with E-state index >= 15 is 0 Å². The van der Waals surface area contributed by atoms with Gasteiger partial charge in [0, 0.05) is 49.6 Å². The zero-order chi connectivity index (χ0) is 25.8. The number of carbonyl (C=O) groups is 2. The maximum atomic E-state index is 13.9. The number of nitrogens with one attached hydrogen (secondary N) is 2. The minimum absolute atomic E-state index is 0.0113. The number of ether oxygens (including phenoxy) is 1. The van der Waals surface area contributed by atoms with E-state index in [1.54, 1.807) is 37.3 Å². The van der Waals surface area contributed by atoms with Crippen molar-refractivity contribution in [2.24, 2.45) is 5.41 Å². The number of benzene rings is 2. The van der Waals surface area contributed by atoms with Gasteiger partial charge in [-0.15, -0.1) is 0 Å². The summed E-state index contributed by atoms with van der Waals surface area (Å²) in [5.74, 6) is -3.41. The van der Waals surface area contributed by atoms with Gasteiger partial charge >= 0.3 is 0 Å². The molecule has 9 heteroatoms. The molecule has 36 heavy (non-hydrogen) atoms. The number of anilines is 2. The molecule has 188 valence electrons. The van der Waals surface area contributed by atoms with Gasteiger partial charge < -0.3 is 15.4 Å². The van der Waals surface area contributed by atoms with Crippen molar-refractivity contribution in [2.75, 3.05) is 18.5 Å². The van der Waals surface area contributed by atoms with E-state index in [1.807, 2.05) is 12.1 Å². The maximum absolute atomic E-state index is 13.9. The van der Waals surface area contributed by atoms with Crippen LogP contribution in [0.1, 0.15) is 46.9 Å². The molecule has 2 N–H and O–H groups in total. The van der Waals surface area contributed by atoms with Crippen molar-refractivity contribution in [3.63, 3.8) is 0 Å². The first-order valence-corrected chi connectivity index (χ1v) is 11.7. The second-order valence-electron chi connectivity index (χ2n) is 9.14. The normalized spacial score (nSPS) is 17.6. The Labute approximate surface area is 208 Å². The van der Waals surface area contributed by atoms with Crippen molar-refractivity contribution in [1.29, 1.82) is 0 Å². The lowest BCUT2D eigenvalue weighted by molar-refractivity contribution is -0.131. The number of rotatable bonds is 9. The molecule has 4 rings (SSSR count). The number of ketones is 1. The van der Waals surface area contributed by atoms with Crippen molar-refractivity contribution in [1.82, 2.24) is 15.3 Å².